The predicted octanol–water partition coefficient (Wildman–Crippen LogP) is 2.73. The summed E-state index contributed by atoms with van der Waals surface area (Å²) in [5, 5.41) is 3.63. The van der Waals surface area contributed by atoms with Gasteiger partial charge in [-0.2, -0.15) is 0 Å². The van der Waals surface area contributed by atoms with Crippen molar-refractivity contribution < 1.29 is 4.74 Å². The maximum Gasteiger partial charge on any atom is 0.122 e. The molecule has 1 aromatic heterocycles. The molecule has 0 fully saturated rings. The minimum absolute atomic E-state index is 0.321. The topological polar surface area (TPSA) is 39.1 Å². The number of methoxy groups -OCH3 is 1. The monoisotopic (exact) mass is 285 g/mol. The molecule has 1 aliphatic heterocycles. The third-order valence-electron chi connectivity index (χ3n) is 4.18. The van der Waals surface area contributed by atoms with Crippen molar-refractivity contribution in [1.82, 2.24) is 14.9 Å². The van der Waals surface area contributed by atoms with Gasteiger partial charge in [-0.3, -0.25) is 0 Å². The van der Waals surface area contributed by atoms with Crippen LogP contribution in [0.25, 0.3) is 0 Å². The summed E-state index contributed by atoms with van der Waals surface area (Å²) < 4.78 is 7.77. The summed E-state index contributed by atoms with van der Waals surface area (Å²) >= 11 is 0. The van der Waals surface area contributed by atoms with Crippen molar-refractivity contribution in [2.45, 2.75) is 38.8 Å². The summed E-state index contributed by atoms with van der Waals surface area (Å²) in [4.78, 5) is 4.54. The van der Waals surface area contributed by atoms with Crippen molar-refractivity contribution in [3.63, 3.8) is 0 Å². The Hall–Kier alpha value is -1.81. The standard InChI is InChI=1S/C17H23N3O/c1-3-10-20-11-9-19-17(20)12-15-13-5-4-6-16(21-2)14(13)7-8-18-15/h4-6,9,11,15,18H,3,7-8,10,12H2,1-2H3. The fourth-order valence-corrected chi connectivity index (χ4v) is 3.19. The lowest BCUT2D eigenvalue weighted by atomic mass is 9.91. The van der Waals surface area contributed by atoms with Gasteiger partial charge in [0.05, 0.1) is 7.11 Å². The molecule has 0 aliphatic carbocycles. The number of nitrogens with zero attached hydrogens (tertiary/aromatic N) is 2. The molecular weight excluding hydrogens is 262 g/mol. The highest BCUT2D eigenvalue weighted by Gasteiger charge is 2.23. The molecule has 1 aromatic carbocycles. The van der Waals surface area contributed by atoms with E-state index >= 15 is 0 Å². The van der Waals surface area contributed by atoms with E-state index in [1.54, 1.807) is 7.11 Å². The fourth-order valence-electron chi connectivity index (χ4n) is 3.19. The van der Waals surface area contributed by atoms with Gasteiger partial charge in [0, 0.05) is 37.0 Å². The minimum atomic E-state index is 0.321. The first kappa shape index (κ1) is 14.1. The summed E-state index contributed by atoms with van der Waals surface area (Å²) in [6.07, 6.45) is 7.06. The second kappa shape index (κ2) is 6.31. The molecule has 2 heterocycles. The van der Waals surface area contributed by atoms with E-state index in [1.807, 2.05) is 6.20 Å². The van der Waals surface area contributed by atoms with E-state index in [0.29, 0.717) is 6.04 Å². The number of rotatable bonds is 5. The summed E-state index contributed by atoms with van der Waals surface area (Å²) in [7, 11) is 1.75. The zero-order valence-electron chi connectivity index (χ0n) is 12.8. The molecule has 0 saturated heterocycles. The van der Waals surface area contributed by atoms with Gasteiger partial charge in [-0.05, 0) is 31.0 Å². The summed E-state index contributed by atoms with van der Waals surface area (Å²) in [6, 6.07) is 6.67. The first-order valence-electron chi connectivity index (χ1n) is 7.72. The van der Waals surface area contributed by atoms with Gasteiger partial charge >= 0.3 is 0 Å². The number of aryl methyl sites for hydroxylation is 1. The van der Waals surface area contributed by atoms with Gasteiger partial charge in [0.25, 0.3) is 0 Å². The van der Waals surface area contributed by atoms with Crippen molar-refractivity contribution in [2.75, 3.05) is 13.7 Å². The maximum absolute atomic E-state index is 5.51. The largest absolute Gasteiger partial charge is 0.496 e. The lowest BCUT2D eigenvalue weighted by Gasteiger charge is -2.28. The Bertz CT molecular complexity index is 606. The third kappa shape index (κ3) is 2.81. The molecular formula is C17H23N3O. The van der Waals surface area contributed by atoms with E-state index in [0.717, 1.165) is 43.9 Å². The molecule has 1 N–H and O–H groups in total. The van der Waals surface area contributed by atoms with Crippen LogP contribution in [0, 0.1) is 0 Å². The quantitative estimate of drug-likeness (QED) is 0.918. The number of hydrogen-bond acceptors (Lipinski definition) is 3. The van der Waals surface area contributed by atoms with Gasteiger partial charge in [-0.1, -0.05) is 19.1 Å². The van der Waals surface area contributed by atoms with Crippen molar-refractivity contribution >= 4 is 0 Å². The third-order valence-corrected chi connectivity index (χ3v) is 4.18. The highest BCUT2D eigenvalue weighted by atomic mass is 16.5. The van der Waals surface area contributed by atoms with Crippen molar-refractivity contribution in [3.05, 3.63) is 47.5 Å². The number of nitrogens with one attached hydrogen (secondary N) is 1. The second-order valence-corrected chi connectivity index (χ2v) is 5.53. The van der Waals surface area contributed by atoms with Crippen LogP contribution in [0.15, 0.2) is 30.6 Å². The zero-order chi connectivity index (χ0) is 14.7. The fraction of sp³-hybridized carbons (Fsp3) is 0.471. The van der Waals surface area contributed by atoms with E-state index in [1.165, 1.54) is 11.1 Å². The Morgan fingerprint density at radius 2 is 2.33 bits per heavy atom. The van der Waals surface area contributed by atoms with Crippen LogP contribution in [0.3, 0.4) is 0 Å². The predicted molar refractivity (Wildman–Crippen MR) is 83.7 cm³/mol. The van der Waals surface area contributed by atoms with E-state index in [9.17, 15) is 0 Å². The van der Waals surface area contributed by atoms with Gasteiger partial charge in [-0.25, -0.2) is 4.98 Å². The SMILES string of the molecule is CCCn1ccnc1CC1NCCc2c(OC)cccc21. The molecule has 2 aromatic rings. The average Bonchev–Trinajstić information content (AvgIpc) is 2.94. The van der Waals surface area contributed by atoms with Gasteiger partial charge < -0.3 is 14.6 Å². The molecule has 0 spiro atoms. The molecule has 0 saturated carbocycles. The van der Waals surface area contributed by atoms with E-state index in [-0.39, 0.29) is 0 Å². The molecule has 0 radical (unpaired) electrons. The molecule has 4 heteroatoms. The molecule has 0 amide bonds. The van der Waals surface area contributed by atoms with Gasteiger partial charge in [0.2, 0.25) is 0 Å². The van der Waals surface area contributed by atoms with Crippen LogP contribution < -0.4 is 10.1 Å². The summed E-state index contributed by atoms with van der Waals surface area (Å²) in [5.41, 5.74) is 2.70. The lowest BCUT2D eigenvalue weighted by Crippen LogP contribution is -2.32. The average molecular weight is 285 g/mol. The number of fused-ring (bicyclic) bond motifs is 1. The Labute approximate surface area is 126 Å². The van der Waals surface area contributed by atoms with Gasteiger partial charge in [0.1, 0.15) is 11.6 Å². The second-order valence-electron chi connectivity index (χ2n) is 5.53. The van der Waals surface area contributed by atoms with E-state index < -0.39 is 0 Å². The van der Waals surface area contributed by atoms with Crippen molar-refractivity contribution in [3.8, 4) is 5.75 Å². The highest BCUT2D eigenvalue weighted by molar-refractivity contribution is 5.43. The van der Waals surface area contributed by atoms with Crippen molar-refractivity contribution in [1.29, 1.82) is 0 Å². The van der Waals surface area contributed by atoms with Crippen LogP contribution in [0.1, 0.15) is 36.3 Å². The molecule has 21 heavy (non-hydrogen) atoms. The number of ether oxygens (including phenoxy) is 1. The lowest BCUT2D eigenvalue weighted by molar-refractivity contribution is 0.399. The minimum Gasteiger partial charge on any atom is -0.496 e. The zero-order valence-corrected chi connectivity index (χ0v) is 12.8. The first-order valence-corrected chi connectivity index (χ1v) is 7.72. The van der Waals surface area contributed by atoms with Crippen LogP contribution in [-0.2, 0) is 19.4 Å². The van der Waals surface area contributed by atoms with Crippen molar-refractivity contribution in [2.24, 2.45) is 0 Å². The summed E-state index contributed by atoms with van der Waals surface area (Å²) in [5.74, 6) is 2.17. The molecule has 112 valence electrons. The van der Waals surface area contributed by atoms with Crippen LogP contribution in [0.2, 0.25) is 0 Å². The van der Waals surface area contributed by atoms with Crippen LogP contribution in [0.5, 0.6) is 5.75 Å². The molecule has 1 aliphatic rings. The normalized spacial score (nSPS) is 17.5. The first-order chi connectivity index (χ1) is 10.3. The highest BCUT2D eigenvalue weighted by Crippen LogP contribution is 2.31. The molecule has 4 nitrogen and oxygen atoms in total. The van der Waals surface area contributed by atoms with Gasteiger partial charge in [0.15, 0.2) is 0 Å². The number of benzene rings is 1. The molecule has 1 unspecified atom stereocenters. The Balaban J connectivity index is 1.87. The number of hydrogen-bond donors (Lipinski definition) is 1. The maximum atomic E-state index is 5.51. The molecule has 1 atom stereocenters. The van der Waals surface area contributed by atoms with Gasteiger partial charge in [-0.15, -0.1) is 0 Å². The Morgan fingerprint density at radius 3 is 3.14 bits per heavy atom. The van der Waals surface area contributed by atoms with Crippen LogP contribution >= 0.6 is 0 Å². The smallest absolute Gasteiger partial charge is 0.122 e. The Kier molecular flexibility index (Phi) is 4.25. The van der Waals surface area contributed by atoms with E-state index in [2.05, 4.69) is 46.2 Å². The molecule has 3 rings (SSSR count). The number of aromatic nitrogens is 2. The van der Waals surface area contributed by atoms with Crippen LogP contribution in [0.4, 0.5) is 0 Å². The van der Waals surface area contributed by atoms with E-state index in [4.69, 9.17) is 4.74 Å². The summed E-state index contributed by atoms with van der Waals surface area (Å²) in [6.45, 7) is 4.22. The molecule has 0 bridgehead atoms. The van der Waals surface area contributed by atoms with Crippen LogP contribution in [-0.4, -0.2) is 23.2 Å². The Morgan fingerprint density at radius 1 is 1.43 bits per heavy atom. The number of imidazole rings is 1.